The Bertz CT molecular complexity index is 396. The van der Waals surface area contributed by atoms with E-state index in [0.29, 0.717) is 5.92 Å². The maximum atomic E-state index is 5.84. The van der Waals surface area contributed by atoms with Crippen molar-refractivity contribution in [3.63, 3.8) is 0 Å². The Kier molecular flexibility index (Phi) is 4.21. The first-order valence-electron chi connectivity index (χ1n) is 6.37. The van der Waals surface area contributed by atoms with Crippen LogP contribution in [-0.4, -0.2) is 19.7 Å². The molecule has 0 amide bonds. The Morgan fingerprint density at radius 2 is 2.24 bits per heavy atom. The third-order valence-electron chi connectivity index (χ3n) is 3.11. The van der Waals surface area contributed by atoms with Gasteiger partial charge < -0.3 is 10.1 Å². The van der Waals surface area contributed by atoms with Crippen LogP contribution < -0.4 is 10.1 Å². The predicted molar refractivity (Wildman–Crippen MR) is 71.6 cm³/mol. The molecule has 0 atom stereocenters. The minimum atomic E-state index is 0.552. The number of hydrogen-bond donors (Lipinski definition) is 1. The van der Waals surface area contributed by atoms with Crippen LogP contribution in [0.2, 0.25) is 0 Å². The third-order valence-corrected chi connectivity index (χ3v) is 3.11. The Balaban J connectivity index is 1.94. The molecule has 1 aromatic rings. The maximum Gasteiger partial charge on any atom is 0.120 e. The van der Waals surface area contributed by atoms with Crippen molar-refractivity contribution in [2.45, 2.75) is 26.2 Å². The molecular formula is C15H21NO. The van der Waals surface area contributed by atoms with Crippen LogP contribution in [0.1, 0.15) is 31.7 Å². The van der Waals surface area contributed by atoms with Crippen LogP contribution in [0.3, 0.4) is 0 Å². The summed E-state index contributed by atoms with van der Waals surface area (Å²) < 4.78 is 5.84. The molecule has 0 aliphatic carbocycles. The van der Waals surface area contributed by atoms with E-state index in [1.54, 1.807) is 0 Å². The second-order valence-corrected chi connectivity index (χ2v) is 4.83. The predicted octanol–water partition coefficient (Wildman–Crippen LogP) is 3.11. The summed E-state index contributed by atoms with van der Waals surface area (Å²) in [6.45, 7) is 7.18. The van der Waals surface area contributed by atoms with E-state index in [1.807, 2.05) is 6.07 Å². The summed E-state index contributed by atoms with van der Waals surface area (Å²) in [7, 11) is 0. The first-order valence-corrected chi connectivity index (χ1v) is 6.37. The summed E-state index contributed by atoms with van der Waals surface area (Å²) in [4.78, 5) is 0. The van der Waals surface area contributed by atoms with Crippen LogP contribution >= 0.6 is 0 Å². The Labute approximate surface area is 104 Å². The average Bonchev–Trinajstić information content (AvgIpc) is 2.38. The van der Waals surface area contributed by atoms with Gasteiger partial charge in [0.15, 0.2) is 0 Å². The molecule has 1 aliphatic rings. The zero-order valence-corrected chi connectivity index (χ0v) is 10.7. The van der Waals surface area contributed by atoms with Gasteiger partial charge in [-0.05, 0) is 42.2 Å². The van der Waals surface area contributed by atoms with E-state index in [2.05, 4.69) is 43.4 Å². The quantitative estimate of drug-likeness (QED) is 0.804. The molecule has 0 unspecified atom stereocenters. The fourth-order valence-electron chi connectivity index (χ4n) is 1.94. The van der Waals surface area contributed by atoms with Crippen molar-refractivity contribution in [2.75, 3.05) is 19.7 Å². The van der Waals surface area contributed by atoms with Crippen molar-refractivity contribution in [3.05, 3.63) is 41.5 Å². The number of nitrogens with one attached hydrogen (secondary N) is 1. The lowest BCUT2D eigenvalue weighted by atomic mass is 10.0. The minimum Gasteiger partial charge on any atom is -0.489 e. The SMILES string of the molecule is CC(C)c1cccc(OCC2=CCNCC2)c1. The van der Waals surface area contributed by atoms with E-state index in [-0.39, 0.29) is 0 Å². The van der Waals surface area contributed by atoms with Crippen molar-refractivity contribution in [1.29, 1.82) is 0 Å². The molecule has 2 rings (SSSR count). The van der Waals surface area contributed by atoms with Gasteiger partial charge in [0.1, 0.15) is 12.4 Å². The Morgan fingerprint density at radius 3 is 2.94 bits per heavy atom. The van der Waals surface area contributed by atoms with Gasteiger partial charge in [-0.3, -0.25) is 0 Å². The van der Waals surface area contributed by atoms with E-state index >= 15 is 0 Å². The molecule has 2 nitrogen and oxygen atoms in total. The van der Waals surface area contributed by atoms with Gasteiger partial charge in [0.05, 0.1) is 0 Å². The molecule has 1 aliphatic heterocycles. The van der Waals surface area contributed by atoms with Crippen LogP contribution in [0, 0.1) is 0 Å². The molecule has 0 bridgehead atoms. The van der Waals surface area contributed by atoms with Crippen molar-refractivity contribution in [2.24, 2.45) is 0 Å². The lowest BCUT2D eigenvalue weighted by Crippen LogP contribution is -2.22. The molecule has 0 saturated carbocycles. The van der Waals surface area contributed by atoms with Crippen LogP contribution in [0.25, 0.3) is 0 Å². The topological polar surface area (TPSA) is 21.3 Å². The highest BCUT2D eigenvalue weighted by Crippen LogP contribution is 2.20. The van der Waals surface area contributed by atoms with Gasteiger partial charge in [-0.25, -0.2) is 0 Å². The van der Waals surface area contributed by atoms with Gasteiger partial charge in [0.25, 0.3) is 0 Å². The van der Waals surface area contributed by atoms with Crippen molar-refractivity contribution >= 4 is 0 Å². The average molecular weight is 231 g/mol. The lowest BCUT2D eigenvalue weighted by Gasteiger charge is -2.15. The zero-order chi connectivity index (χ0) is 12.1. The van der Waals surface area contributed by atoms with Gasteiger partial charge in [0.2, 0.25) is 0 Å². The van der Waals surface area contributed by atoms with E-state index in [4.69, 9.17) is 4.74 Å². The lowest BCUT2D eigenvalue weighted by molar-refractivity contribution is 0.344. The highest BCUT2D eigenvalue weighted by atomic mass is 16.5. The molecule has 1 aromatic carbocycles. The largest absolute Gasteiger partial charge is 0.489 e. The first-order chi connectivity index (χ1) is 8.25. The Morgan fingerprint density at radius 1 is 1.35 bits per heavy atom. The maximum absolute atomic E-state index is 5.84. The summed E-state index contributed by atoms with van der Waals surface area (Å²) in [5, 5.41) is 3.30. The molecule has 0 spiro atoms. The fourth-order valence-corrected chi connectivity index (χ4v) is 1.94. The second-order valence-electron chi connectivity index (χ2n) is 4.83. The van der Waals surface area contributed by atoms with Gasteiger partial charge in [-0.15, -0.1) is 0 Å². The highest BCUT2D eigenvalue weighted by Gasteiger charge is 2.05. The highest BCUT2D eigenvalue weighted by molar-refractivity contribution is 5.30. The monoisotopic (exact) mass is 231 g/mol. The van der Waals surface area contributed by atoms with Crippen LogP contribution in [0.15, 0.2) is 35.9 Å². The van der Waals surface area contributed by atoms with E-state index < -0.39 is 0 Å². The van der Waals surface area contributed by atoms with Crippen LogP contribution in [0.4, 0.5) is 0 Å². The molecule has 2 heteroatoms. The standard InChI is InChI=1S/C15H21NO/c1-12(2)14-4-3-5-15(10-14)17-11-13-6-8-16-9-7-13/h3-6,10,12,16H,7-9,11H2,1-2H3. The van der Waals surface area contributed by atoms with Crippen LogP contribution in [-0.2, 0) is 0 Å². The molecule has 0 saturated heterocycles. The smallest absolute Gasteiger partial charge is 0.120 e. The van der Waals surface area contributed by atoms with E-state index in [0.717, 1.165) is 31.9 Å². The summed E-state index contributed by atoms with van der Waals surface area (Å²) in [5.41, 5.74) is 2.74. The normalized spacial score (nSPS) is 15.8. The zero-order valence-electron chi connectivity index (χ0n) is 10.7. The van der Waals surface area contributed by atoms with Crippen molar-refractivity contribution in [1.82, 2.24) is 5.32 Å². The van der Waals surface area contributed by atoms with Crippen molar-refractivity contribution < 1.29 is 4.74 Å². The minimum absolute atomic E-state index is 0.552. The summed E-state index contributed by atoms with van der Waals surface area (Å²) in [6.07, 6.45) is 3.33. The summed E-state index contributed by atoms with van der Waals surface area (Å²) >= 11 is 0. The van der Waals surface area contributed by atoms with E-state index in [1.165, 1.54) is 11.1 Å². The number of rotatable bonds is 4. The number of hydrogen-bond acceptors (Lipinski definition) is 2. The van der Waals surface area contributed by atoms with Gasteiger partial charge >= 0.3 is 0 Å². The Hall–Kier alpha value is -1.28. The number of ether oxygens (including phenoxy) is 1. The van der Waals surface area contributed by atoms with Crippen LogP contribution in [0.5, 0.6) is 5.75 Å². The van der Waals surface area contributed by atoms with Crippen molar-refractivity contribution in [3.8, 4) is 5.75 Å². The molecule has 1 N–H and O–H groups in total. The van der Waals surface area contributed by atoms with E-state index in [9.17, 15) is 0 Å². The fraction of sp³-hybridized carbons (Fsp3) is 0.467. The molecule has 1 heterocycles. The van der Waals surface area contributed by atoms with Gasteiger partial charge in [0, 0.05) is 6.54 Å². The van der Waals surface area contributed by atoms with Gasteiger partial charge in [-0.1, -0.05) is 32.1 Å². The second kappa shape index (κ2) is 5.87. The van der Waals surface area contributed by atoms with Gasteiger partial charge in [-0.2, -0.15) is 0 Å². The summed E-state index contributed by atoms with van der Waals surface area (Å²) in [6, 6.07) is 8.41. The molecular weight excluding hydrogens is 210 g/mol. The molecule has 0 radical (unpaired) electrons. The summed E-state index contributed by atoms with van der Waals surface area (Å²) in [5.74, 6) is 1.53. The first kappa shape index (κ1) is 12.2. The molecule has 0 fully saturated rings. The molecule has 92 valence electrons. The molecule has 17 heavy (non-hydrogen) atoms. The molecule has 0 aromatic heterocycles. The number of benzene rings is 1. The third kappa shape index (κ3) is 3.60.